The molecule has 0 saturated carbocycles. The van der Waals surface area contributed by atoms with Crippen LogP contribution in [0.25, 0.3) is 20.7 Å². The first-order chi connectivity index (χ1) is 12.7. The Hall–Kier alpha value is -2.29. The summed E-state index contributed by atoms with van der Waals surface area (Å²) in [4.78, 5) is 31.2. The van der Waals surface area contributed by atoms with Gasteiger partial charge in [0.25, 0.3) is 5.56 Å². The Bertz CT molecular complexity index is 1020. The van der Waals surface area contributed by atoms with Crippen LogP contribution in [0.1, 0.15) is 6.42 Å². The Balaban J connectivity index is 1.54. The molecule has 26 heavy (non-hydrogen) atoms. The quantitative estimate of drug-likeness (QED) is 0.660. The Morgan fingerprint density at radius 2 is 2.31 bits per heavy atom. The molecule has 0 bridgehead atoms. The first-order valence-corrected chi connectivity index (χ1v) is 10.1. The average Bonchev–Trinajstić information content (AvgIpc) is 3.32. The Labute approximate surface area is 158 Å². The van der Waals surface area contributed by atoms with E-state index in [4.69, 9.17) is 0 Å². The molecule has 0 radical (unpaired) electrons. The highest BCUT2D eigenvalue weighted by molar-refractivity contribution is 7.18. The molecule has 0 spiro atoms. The zero-order valence-electron chi connectivity index (χ0n) is 14.0. The minimum Gasteiger partial charge on any atom is -0.351 e. The Morgan fingerprint density at radius 3 is 3.08 bits per heavy atom. The molecule has 134 valence electrons. The third kappa shape index (κ3) is 3.48. The highest BCUT2D eigenvalue weighted by atomic mass is 32.1. The molecule has 0 fully saturated rings. The summed E-state index contributed by atoms with van der Waals surface area (Å²) in [6.45, 7) is 2.29. The number of hydrogen-bond donors (Lipinski definition) is 2. The summed E-state index contributed by atoms with van der Waals surface area (Å²) in [7, 11) is 0. The lowest BCUT2D eigenvalue weighted by Gasteiger charge is -2.14. The molecule has 3 aromatic heterocycles. The summed E-state index contributed by atoms with van der Waals surface area (Å²) in [6.07, 6.45) is 4.50. The number of nitrogens with one attached hydrogen (secondary N) is 2. The number of nitrogens with zero attached hydrogens (tertiary/aromatic N) is 2. The molecule has 4 rings (SSSR count). The Morgan fingerprint density at radius 1 is 1.38 bits per heavy atom. The smallest absolute Gasteiger partial charge is 0.263 e. The summed E-state index contributed by atoms with van der Waals surface area (Å²) >= 11 is 3.04. The normalized spacial score (nSPS) is 14.4. The molecule has 1 amide bonds. The first kappa shape index (κ1) is 17.1. The molecule has 4 heterocycles. The molecular weight excluding hydrogens is 368 g/mol. The summed E-state index contributed by atoms with van der Waals surface area (Å²) < 4.78 is 1.39. The molecule has 0 saturated heterocycles. The fraction of sp³-hybridized carbons (Fsp3) is 0.278. The summed E-state index contributed by atoms with van der Waals surface area (Å²) in [5.41, 5.74) is 1.94. The van der Waals surface area contributed by atoms with E-state index in [2.05, 4.69) is 21.7 Å². The van der Waals surface area contributed by atoms with Crippen LogP contribution in [-0.2, 0) is 11.3 Å². The van der Waals surface area contributed by atoms with Gasteiger partial charge < -0.3 is 10.6 Å². The lowest BCUT2D eigenvalue weighted by atomic mass is 10.1. The molecular formula is C18H18N4O2S2. The van der Waals surface area contributed by atoms with E-state index in [0.29, 0.717) is 16.8 Å². The van der Waals surface area contributed by atoms with E-state index in [0.717, 1.165) is 30.0 Å². The van der Waals surface area contributed by atoms with Crippen LogP contribution in [0.15, 0.2) is 45.7 Å². The van der Waals surface area contributed by atoms with Gasteiger partial charge in [-0.05, 0) is 24.4 Å². The van der Waals surface area contributed by atoms with Crippen molar-refractivity contribution in [2.24, 2.45) is 0 Å². The van der Waals surface area contributed by atoms with E-state index in [9.17, 15) is 9.59 Å². The minimum atomic E-state index is -0.180. The fourth-order valence-electron chi connectivity index (χ4n) is 2.95. The first-order valence-electron chi connectivity index (χ1n) is 8.38. The van der Waals surface area contributed by atoms with Crippen LogP contribution in [0.3, 0.4) is 0 Å². The topological polar surface area (TPSA) is 76.0 Å². The van der Waals surface area contributed by atoms with E-state index < -0.39 is 0 Å². The summed E-state index contributed by atoms with van der Waals surface area (Å²) in [6, 6.07) is 3.95. The maximum Gasteiger partial charge on any atom is 0.263 e. The highest BCUT2D eigenvalue weighted by Crippen LogP contribution is 2.33. The van der Waals surface area contributed by atoms with Crippen molar-refractivity contribution >= 4 is 38.8 Å². The zero-order valence-corrected chi connectivity index (χ0v) is 15.7. The van der Waals surface area contributed by atoms with Gasteiger partial charge in [0, 0.05) is 28.9 Å². The minimum absolute atomic E-state index is 0.0208. The molecule has 0 unspecified atom stereocenters. The van der Waals surface area contributed by atoms with E-state index >= 15 is 0 Å². The highest BCUT2D eigenvalue weighted by Gasteiger charge is 2.15. The lowest BCUT2D eigenvalue weighted by molar-refractivity contribution is -0.121. The van der Waals surface area contributed by atoms with Crippen LogP contribution in [-0.4, -0.2) is 35.1 Å². The largest absolute Gasteiger partial charge is 0.351 e. The van der Waals surface area contributed by atoms with Crippen LogP contribution in [0.4, 0.5) is 0 Å². The van der Waals surface area contributed by atoms with Gasteiger partial charge in [0.1, 0.15) is 11.4 Å². The maximum atomic E-state index is 12.9. The van der Waals surface area contributed by atoms with Crippen LogP contribution >= 0.6 is 22.7 Å². The van der Waals surface area contributed by atoms with Crippen molar-refractivity contribution in [2.45, 2.75) is 13.0 Å². The number of carbonyl (C=O) groups is 1. The zero-order chi connectivity index (χ0) is 17.9. The van der Waals surface area contributed by atoms with Crippen molar-refractivity contribution < 1.29 is 4.79 Å². The molecule has 0 atom stereocenters. The van der Waals surface area contributed by atoms with Gasteiger partial charge in [-0.25, -0.2) is 4.98 Å². The van der Waals surface area contributed by atoms with Gasteiger partial charge in [-0.1, -0.05) is 17.7 Å². The predicted molar refractivity (Wildman–Crippen MR) is 106 cm³/mol. The standard InChI is InChI=1S/C18H18N4O2S2/c23-15(20-8-12-3-5-19-6-4-12)9-22-11-21-17-16(18(22)24)13(10-26-17)14-2-1-7-25-14/h1-3,7,10-11,19H,4-6,8-9H2,(H,20,23). The van der Waals surface area contributed by atoms with Gasteiger partial charge in [0.2, 0.25) is 5.91 Å². The van der Waals surface area contributed by atoms with Crippen LogP contribution in [0.2, 0.25) is 0 Å². The Kier molecular flexibility index (Phi) is 4.96. The van der Waals surface area contributed by atoms with E-state index in [1.165, 1.54) is 27.8 Å². The van der Waals surface area contributed by atoms with Crippen LogP contribution in [0.5, 0.6) is 0 Å². The molecule has 6 nitrogen and oxygen atoms in total. The van der Waals surface area contributed by atoms with E-state index in [1.807, 2.05) is 22.9 Å². The molecule has 0 aromatic carbocycles. The number of thiophene rings is 2. The van der Waals surface area contributed by atoms with Crippen molar-refractivity contribution in [3.05, 3.63) is 51.2 Å². The third-order valence-electron chi connectivity index (χ3n) is 4.33. The van der Waals surface area contributed by atoms with Crippen molar-refractivity contribution in [3.8, 4) is 10.4 Å². The van der Waals surface area contributed by atoms with E-state index in [1.54, 1.807) is 11.3 Å². The van der Waals surface area contributed by atoms with Gasteiger partial charge >= 0.3 is 0 Å². The number of aromatic nitrogens is 2. The SMILES string of the molecule is O=C(Cn1cnc2scc(-c3cccs3)c2c1=O)NCC1=CCNCC1. The third-order valence-corrected chi connectivity index (χ3v) is 6.12. The predicted octanol–water partition coefficient (Wildman–Crippen LogP) is 2.22. The molecule has 1 aliphatic rings. The molecule has 2 N–H and O–H groups in total. The van der Waals surface area contributed by atoms with Gasteiger partial charge in [-0.3, -0.25) is 14.2 Å². The number of hydrogen-bond acceptors (Lipinski definition) is 6. The van der Waals surface area contributed by atoms with Crippen molar-refractivity contribution in [2.75, 3.05) is 19.6 Å². The average molecular weight is 387 g/mol. The lowest BCUT2D eigenvalue weighted by Crippen LogP contribution is -2.34. The van der Waals surface area contributed by atoms with E-state index in [-0.39, 0.29) is 18.0 Å². The number of carbonyl (C=O) groups excluding carboxylic acids is 1. The number of rotatable bonds is 5. The summed E-state index contributed by atoms with van der Waals surface area (Å²) in [5, 5.41) is 10.7. The van der Waals surface area contributed by atoms with Gasteiger partial charge in [0.05, 0.1) is 11.7 Å². The second kappa shape index (κ2) is 7.53. The summed E-state index contributed by atoms with van der Waals surface area (Å²) in [5.74, 6) is -0.180. The molecule has 8 heteroatoms. The van der Waals surface area contributed by atoms with Crippen LogP contribution < -0.4 is 16.2 Å². The monoisotopic (exact) mass is 386 g/mol. The molecule has 1 aliphatic heterocycles. The van der Waals surface area contributed by atoms with Crippen LogP contribution in [0, 0.1) is 0 Å². The fourth-order valence-corrected chi connectivity index (χ4v) is 4.67. The van der Waals surface area contributed by atoms with Gasteiger partial charge in [-0.15, -0.1) is 22.7 Å². The van der Waals surface area contributed by atoms with Gasteiger partial charge in [0.15, 0.2) is 0 Å². The number of amides is 1. The maximum absolute atomic E-state index is 12.9. The second-order valence-electron chi connectivity index (χ2n) is 6.08. The van der Waals surface area contributed by atoms with Gasteiger partial charge in [-0.2, -0.15) is 0 Å². The van der Waals surface area contributed by atoms with Crippen molar-refractivity contribution in [1.29, 1.82) is 0 Å². The molecule has 3 aromatic rings. The van der Waals surface area contributed by atoms with Crippen molar-refractivity contribution in [1.82, 2.24) is 20.2 Å². The van der Waals surface area contributed by atoms with Crippen molar-refractivity contribution in [3.63, 3.8) is 0 Å². The number of fused-ring (bicyclic) bond motifs is 1. The second-order valence-corrected chi connectivity index (χ2v) is 7.88. The molecule has 0 aliphatic carbocycles.